The maximum absolute atomic E-state index is 11.3. The largest absolute Gasteiger partial charge is 1.00 e. The summed E-state index contributed by atoms with van der Waals surface area (Å²) in [5.74, 6) is 2.59. The molecule has 0 heterocycles. The van der Waals surface area contributed by atoms with E-state index in [1.807, 2.05) is 0 Å². The van der Waals surface area contributed by atoms with Crippen LogP contribution >= 0.6 is 0 Å². The fourth-order valence-electron chi connectivity index (χ4n) is 8.96. The molecule has 4 aliphatic carbocycles. The normalized spacial score (nSPS) is 48.1. The summed E-state index contributed by atoms with van der Waals surface area (Å²) < 4.78 is 33.0. The summed E-state index contributed by atoms with van der Waals surface area (Å²) >= 11 is 0. The van der Waals surface area contributed by atoms with Crippen LogP contribution in [0.2, 0.25) is 0 Å². The Bertz CT molecular complexity index is 744. The summed E-state index contributed by atoms with van der Waals surface area (Å²) in [6.45, 7) is 7.10. The zero-order chi connectivity index (χ0) is 21.9. The SMILES string of the molecule is C[C@H](CCCS(=O)(=O)[O-])[C@H]1CC[C@H]2[C@@H]3[C@H](O)C[C@@H]4C[C@H](O)CC[C@]4(C)[C@H]3CC[C@]12C.[Na+]. The number of aliphatic hydroxyl groups is 2. The molecule has 0 unspecified atom stereocenters. The second-order valence-corrected chi connectivity index (χ2v) is 13.4. The van der Waals surface area contributed by atoms with E-state index in [4.69, 9.17) is 0 Å². The molecule has 5 nitrogen and oxygen atoms in total. The second kappa shape index (κ2) is 9.47. The molecule has 0 bridgehead atoms. The minimum atomic E-state index is -4.13. The van der Waals surface area contributed by atoms with Crippen LogP contribution in [-0.2, 0) is 10.1 Å². The first-order chi connectivity index (χ1) is 14.0. The molecule has 7 heteroatoms. The van der Waals surface area contributed by atoms with E-state index in [1.54, 1.807) is 0 Å². The summed E-state index contributed by atoms with van der Waals surface area (Å²) in [7, 11) is -4.13. The topological polar surface area (TPSA) is 97.7 Å². The van der Waals surface area contributed by atoms with Crippen molar-refractivity contribution in [3.63, 3.8) is 0 Å². The van der Waals surface area contributed by atoms with Crippen molar-refractivity contribution in [2.24, 2.45) is 46.3 Å². The van der Waals surface area contributed by atoms with Crippen LogP contribution in [0, 0.1) is 46.3 Å². The van der Waals surface area contributed by atoms with E-state index in [9.17, 15) is 23.2 Å². The van der Waals surface area contributed by atoms with Gasteiger partial charge in [0.05, 0.1) is 22.3 Å². The Morgan fingerprint density at radius 2 is 1.65 bits per heavy atom. The van der Waals surface area contributed by atoms with Crippen LogP contribution in [0.1, 0.15) is 85.0 Å². The van der Waals surface area contributed by atoms with Crippen molar-refractivity contribution < 1.29 is 52.7 Å². The van der Waals surface area contributed by atoms with Crippen molar-refractivity contribution in [1.29, 1.82) is 0 Å². The molecule has 4 aliphatic rings. The fraction of sp³-hybridized carbons (Fsp3) is 1.00. The van der Waals surface area contributed by atoms with Crippen LogP contribution in [0.15, 0.2) is 0 Å². The summed E-state index contributed by atoms with van der Waals surface area (Å²) in [6.07, 6.45) is 9.12. The molecule has 0 aromatic rings. The van der Waals surface area contributed by atoms with Gasteiger partial charge >= 0.3 is 29.6 Å². The van der Waals surface area contributed by atoms with Gasteiger partial charge in [-0.25, -0.2) is 8.42 Å². The van der Waals surface area contributed by atoms with Gasteiger partial charge in [0.1, 0.15) is 0 Å². The first-order valence-corrected chi connectivity index (χ1v) is 13.8. The Morgan fingerprint density at radius 3 is 2.32 bits per heavy atom. The number of aliphatic hydroxyl groups excluding tert-OH is 2. The third-order valence-electron chi connectivity index (χ3n) is 10.5. The van der Waals surface area contributed by atoms with Crippen LogP contribution in [0.25, 0.3) is 0 Å². The predicted molar refractivity (Wildman–Crippen MR) is 116 cm³/mol. The number of rotatable bonds is 5. The molecule has 0 aromatic heterocycles. The Morgan fingerprint density at radius 1 is 1.00 bits per heavy atom. The molecule has 4 fully saturated rings. The van der Waals surface area contributed by atoms with Crippen molar-refractivity contribution in [1.82, 2.24) is 0 Å². The molecule has 0 amide bonds. The van der Waals surface area contributed by atoms with Crippen molar-refractivity contribution in [2.45, 2.75) is 97.2 Å². The summed E-state index contributed by atoms with van der Waals surface area (Å²) in [5.41, 5.74) is 0.450. The van der Waals surface area contributed by atoms with Crippen LogP contribution < -0.4 is 29.6 Å². The minimum absolute atomic E-state index is 0. The average Bonchev–Trinajstić information content (AvgIpc) is 2.99. The molecule has 0 radical (unpaired) electrons. The van der Waals surface area contributed by atoms with E-state index in [0.29, 0.717) is 41.9 Å². The molecule has 2 N–H and O–H groups in total. The Labute approximate surface area is 211 Å². The van der Waals surface area contributed by atoms with E-state index in [-0.39, 0.29) is 58.3 Å². The van der Waals surface area contributed by atoms with Gasteiger partial charge in [-0.15, -0.1) is 0 Å². The van der Waals surface area contributed by atoms with Crippen LogP contribution in [-0.4, -0.2) is 41.1 Å². The third kappa shape index (κ3) is 4.83. The Balaban J connectivity index is 0.00000272. The van der Waals surface area contributed by atoms with Gasteiger partial charge in [-0.2, -0.15) is 0 Å². The van der Waals surface area contributed by atoms with Crippen molar-refractivity contribution in [3.05, 3.63) is 0 Å². The van der Waals surface area contributed by atoms with E-state index in [2.05, 4.69) is 20.8 Å². The molecular formula is C24H41NaO5S. The number of hydrogen-bond donors (Lipinski definition) is 2. The van der Waals surface area contributed by atoms with E-state index in [1.165, 1.54) is 6.42 Å². The molecule has 0 aromatic carbocycles. The molecule has 4 saturated carbocycles. The molecule has 4 rings (SSSR count). The van der Waals surface area contributed by atoms with Crippen LogP contribution in [0.4, 0.5) is 0 Å². The molecule has 10 atom stereocenters. The molecular weight excluding hydrogens is 423 g/mol. The van der Waals surface area contributed by atoms with Gasteiger partial charge in [-0.3, -0.25) is 0 Å². The zero-order valence-corrected chi connectivity index (χ0v) is 22.7. The molecule has 0 saturated heterocycles. The van der Waals surface area contributed by atoms with Gasteiger partial charge in [0.25, 0.3) is 0 Å². The summed E-state index contributed by atoms with van der Waals surface area (Å²) in [4.78, 5) is 0. The molecule has 174 valence electrons. The summed E-state index contributed by atoms with van der Waals surface area (Å²) in [5, 5.41) is 21.5. The van der Waals surface area contributed by atoms with Crippen molar-refractivity contribution in [2.75, 3.05) is 5.75 Å². The predicted octanol–water partition coefficient (Wildman–Crippen LogP) is 0.943. The summed E-state index contributed by atoms with van der Waals surface area (Å²) in [6, 6.07) is 0. The van der Waals surface area contributed by atoms with Gasteiger partial charge in [-0.05, 0) is 111 Å². The third-order valence-corrected chi connectivity index (χ3v) is 11.3. The van der Waals surface area contributed by atoms with Gasteiger partial charge < -0.3 is 14.8 Å². The van der Waals surface area contributed by atoms with Crippen molar-refractivity contribution >= 4 is 10.1 Å². The van der Waals surface area contributed by atoms with E-state index in [0.717, 1.165) is 51.4 Å². The smallest absolute Gasteiger partial charge is 0.748 e. The minimum Gasteiger partial charge on any atom is -0.748 e. The molecule has 0 spiro atoms. The van der Waals surface area contributed by atoms with Gasteiger partial charge in [0.15, 0.2) is 0 Å². The van der Waals surface area contributed by atoms with Gasteiger partial charge in [0.2, 0.25) is 0 Å². The quantitative estimate of drug-likeness (QED) is 0.466. The standard InChI is InChI=1S/C24H42O5S.Na/c1-15(5-4-12-30(27,28)29)18-6-7-19-22-20(9-11-24(18,19)3)23(2)10-8-17(25)13-16(23)14-21(22)26;/h15-22,25-26H,4-14H2,1-3H3,(H,27,28,29);/q;+1/p-1/t15-,16+,17-,18-,19+,20+,21-,22+,23+,24-;/m1./s1. The number of hydrogen-bond acceptors (Lipinski definition) is 5. The maximum atomic E-state index is 11.3. The van der Waals surface area contributed by atoms with E-state index < -0.39 is 10.1 Å². The Kier molecular flexibility index (Phi) is 8.07. The van der Waals surface area contributed by atoms with E-state index >= 15 is 0 Å². The van der Waals surface area contributed by atoms with Crippen LogP contribution in [0.3, 0.4) is 0 Å². The van der Waals surface area contributed by atoms with Crippen LogP contribution in [0.5, 0.6) is 0 Å². The zero-order valence-electron chi connectivity index (χ0n) is 19.9. The monoisotopic (exact) mass is 464 g/mol. The average molecular weight is 465 g/mol. The Hall–Kier alpha value is 0.830. The first-order valence-electron chi connectivity index (χ1n) is 12.3. The first kappa shape index (κ1) is 26.4. The fourth-order valence-corrected chi connectivity index (χ4v) is 9.48. The van der Waals surface area contributed by atoms with Gasteiger partial charge in [0, 0.05) is 5.75 Å². The second-order valence-electron chi connectivity index (χ2n) is 11.8. The molecule has 0 aliphatic heterocycles. The van der Waals surface area contributed by atoms with Gasteiger partial charge in [-0.1, -0.05) is 20.8 Å². The number of fused-ring (bicyclic) bond motifs is 5. The molecule has 31 heavy (non-hydrogen) atoms. The van der Waals surface area contributed by atoms with Crippen molar-refractivity contribution in [3.8, 4) is 0 Å². The maximum Gasteiger partial charge on any atom is 1.00 e.